The second-order valence-corrected chi connectivity index (χ2v) is 12.0. The molecular weight excluding hydrogens is 512 g/mol. The van der Waals surface area contributed by atoms with Crippen LogP contribution >= 0.6 is 0 Å². The van der Waals surface area contributed by atoms with Gasteiger partial charge < -0.3 is 14.3 Å². The topological polar surface area (TPSA) is 76.7 Å². The predicted molar refractivity (Wildman–Crippen MR) is 170 cm³/mol. The van der Waals surface area contributed by atoms with Crippen molar-refractivity contribution in [3.8, 4) is 0 Å². The first kappa shape index (κ1) is 34.5. The molecule has 5 nitrogen and oxygen atoms in total. The van der Waals surface area contributed by atoms with Crippen LogP contribution < -0.4 is 5.63 Å². The van der Waals surface area contributed by atoms with Crippen molar-refractivity contribution < 1.29 is 19.1 Å². The van der Waals surface area contributed by atoms with Gasteiger partial charge in [-0.15, -0.1) is 0 Å². The van der Waals surface area contributed by atoms with Gasteiger partial charge >= 0.3 is 11.6 Å². The second-order valence-electron chi connectivity index (χ2n) is 12.0. The number of hydrogen-bond acceptors (Lipinski definition) is 5. The fourth-order valence-corrected chi connectivity index (χ4v) is 4.92. The van der Waals surface area contributed by atoms with Crippen molar-refractivity contribution >= 4 is 16.9 Å². The SMILES string of the molecule is CCCCCC/C=C\CCCCCCCCC(=O)O[C@H](CC/C(C)=C/Cc1ccc2ccc(=O)oc2c1)C(C)(C)O. The maximum absolute atomic E-state index is 12.5. The number of unbranched alkanes of at least 4 members (excludes halogenated alkanes) is 10. The molecule has 2 aromatic rings. The first-order valence-electron chi connectivity index (χ1n) is 15.9. The van der Waals surface area contributed by atoms with Crippen LogP contribution in [0.4, 0.5) is 0 Å². The zero-order valence-corrected chi connectivity index (χ0v) is 26.1. The minimum Gasteiger partial charge on any atom is -0.459 e. The molecule has 2 rings (SSSR count). The molecule has 0 radical (unpaired) electrons. The highest BCUT2D eigenvalue weighted by Gasteiger charge is 2.30. The number of hydrogen-bond donors (Lipinski definition) is 1. The summed E-state index contributed by atoms with van der Waals surface area (Å²) in [4.78, 5) is 24.0. The molecule has 0 saturated heterocycles. The molecule has 1 N–H and O–H groups in total. The molecule has 0 unspecified atom stereocenters. The fourth-order valence-electron chi connectivity index (χ4n) is 4.92. The molecule has 0 aliphatic heterocycles. The molecule has 0 bridgehead atoms. The quantitative estimate of drug-likeness (QED) is 0.0705. The third kappa shape index (κ3) is 15.2. The van der Waals surface area contributed by atoms with Crippen LogP contribution in [-0.4, -0.2) is 22.8 Å². The Labute approximate surface area is 248 Å². The smallest absolute Gasteiger partial charge is 0.336 e. The number of fused-ring (bicyclic) bond motifs is 1. The first-order valence-corrected chi connectivity index (χ1v) is 15.9. The summed E-state index contributed by atoms with van der Waals surface area (Å²) in [6.45, 7) is 7.70. The first-order chi connectivity index (χ1) is 19.7. The minimum absolute atomic E-state index is 0.222. The van der Waals surface area contributed by atoms with E-state index >= 15 is 0 Å². The van der Waals surface area contributed by atoms with E-state index in [2.05, 4.69) is 32.1 Å². The lowest BCUT2D eigenvalue weighted by Gasteiger charge is -2.29. The van der Waals surface area contributed by atoms with Crippen molar-refractivity contribution in [3.05, 3.63) is 70.1 Å². The third-order valence-electron chi connectivity index (χ3n) is 7.63. The molecule has 228 valence electrons. The van der Waals surface area contributed by atoms with E-state index in [0.29, 0.717) is 24.8 Å². The molecule has 5 heteroatoms. The van der Waals surface area contributed by atoms with Crippen molar-refractivity contribution in [2.75, 3.05) is 0 Å². The van der Waals surface area contributed by atoms with Crippen LogP contribution in [0.5, 0.6) is 0 Å². The molecule has 1 heterocycles. The Hall–Kier alpha value is -2.66. The Morgan fingerprint density at radius 1 is 0.927 bits per heavy atom. The van der Waals surface area contributed by atoms with Gasteiger partial charge in [0, 0.05) is 17.9 Å². The number of esters is 1. The average Bonchev–Trinajstić information content (AvgIpc) is 2.93. The normalized spacial score (nSPS) is 13.2. The Morgan fingerprint density at radius 2 is 1.56 bits per heavy atom. The van der Waals surface area contributed by atoms with Gasteiger partial charge in [0.25, 0.3) is 0 Å². The van der Waals surface area contributed by atoms with Crippen LogP contribution in [0.3, 0.4) is 0 Å². The van der Waals surface area contributed by atoms with Gasteiger partial charge in [-0.2, -0.15) is 0 Å². The summed E-state index contributed by atoms with van der Waals surface area (Å²) in [5, 5.41) is 11.5. The van der Waals surface area contributed by atoms with Crippen molar-refractivity contribution in [2.24, 2.45) is 0 Å². The van der Waals surface area contributed by atoms with Crippen LogP contribution in [-0.2, 0) is 16.0 Å². The fraction of sp³-hybridized carbons (Fsp3) is 0.611. The number of ether oxygens (including phenoxy) is 1. The molecule has 1 aromatic carbocycles. The average molecular weight is 567 g/mol. The molecule has 0 spiro atoms. The Morgan fingerprint density at radius 3 is 2.24 bits per heavy atom. The van der Waals surface area contributed by atoms with Crippen molar-refractivity contribution in [2.45, 2.75) is 142 Å². The van der Waals surface area contributed by atoms with E-state index in [-0.39, 0.29) is 11.6 Å². The van der Waals surface area contributed by atoms with Crippen LogP contribution in [0.25, 0.3) is 11.0 Å². The maximum Gasteiger partial charge on any atom is 0.336 e. The highest BCUT2D eigenvalue weighted by Crippen LogP contribution is 2.22. The summed E-state index contributed by atoms with van der Waals surface area (Å²) in [5.74, 6) is -0.222. The van der Waals surface area contributed by atoms with E-state index < -0.39 is 11.7 Å². The van der Waals surface area contributed by atoms with Crippen molar-refractivity contribution in [1.82, 2.24) is 0 Å². The van der Waals surface area contributed by atoms with Gasteiger partial charge in [0.1, 0.15) is 11.7 Å². The number of aliphatic hydroxyl groups is 1. The van der Waals surface area contributed by atoms with Gasteiger partial charge in [0.2, 0.25) is 0 Å². The lowest BCUT2D eigenvalue weighted by Crippen LogP contribution is -2.39. The van der Waals surface area contributed by atoms with E-state index in [1.54, 1.807) is 19.9 Å². The second kappa shape index (κ2) is 19.5. The van der Waals surface area contributed by atoms with Gasteiger partial charge in [0.05, 0.1) is 5.60 Å². The molecular formula is C36H54O5. The molecule has 1 atom stereocenters. The zero-order valence-electron chi connectivity index (χ0n) is 26.1. The van der Waals surface area contributed by atoms with Crippen LogP contribution in [0, 0.1) is 0 Å². The number of allylic oxidation sites excluding steroid dienone is 4. The standard InChI is InChI=1S/C36H54O5/c1-5-6-7-8-9-10-11-12-13-14-15-16-17-18-19-34(37)41-33(36(3,4)39)26-21-29(2)20-22-30-23-24-31-25-27-35(38)40-32(31)28-30/h10-11,20,23-25,27-28,33,39H,5-9,12-19,21-22,26H2,1-4H3/b11-10-,29-20+/t33-/m1/s1. The highest BCUT2D eigenvalue weighted by molar-refractivity contribution is 5.76. The van der Waals surface area contributed by atoms with E-state index in [9.17, 15) is 14.7 Å². The molecule has 0 aliphatic carbocycles. The molecule has 41 heavy (non-hydrogen) atoms. The van der Waals surface area contributed by atoms with Crippen LogP contribution in [0.15, 0.2) is 63.3 Å². The number of rotatable bonds is 21. The Balaban J connectivity index is 1.63. The molecule has 0 amide bonds. The third-order valence-corrected chi connectivity index (χ3v) is 7.63. The van der Waals surface area contributed by atoms with Gasteiger partial charge in [-0.25, -0.2) is 4.79 Å². The zero-order chi connectivity index (χ0) is 29.9. The van der Waals surface area contributed by atoms with Crippen molar-refractivity contribution in [1.29, 1.82) is 0 Å². The monoisotopic (exact) mass is 566 g/mol. The summed E-state index contributed by atoms with van der Waals surface area (Å²) in [5.41, 5.74) is 1.35. The molecule has 0 fully saturated rings. The van der Waals surface area contributed by atoms with E-state index in [0.717, 1.165) is 42.2 Å². The Kier molecular flexibility index (Phi) is 16.4. The number of carbonyl (C=O) groups is 1. The maximum atomic E-state index is 12.5. The number of carbonyl (C=O) groups excluding carboxylic acids is 1. The summed E-state index contributed by atoms with van der Waals surface area (Å²) in [6.07, 6.45) is 23.1. The summed E-state index contributed by atoms with van der Waals surface area (Å²) < 4.78 is 11.0. The molecule has 1 aromatic heterocycles. The van der Waals surface area contributed by atoms with Gasteiger partial charge in [-0.3, -0.25) is 4.79 Å². The largest absolute Gasteiger partial charge is 0.459 e. The minimum atomic E-state index is -1.10. The van der Waals surface area contributed by atoms with Crippen LogP contribution in [0.2, 0.25) is 0 Å². The molecule has 0 aliphatic rings. The lowest BCUT2D eigenvalue weighted by molar-refractivity contribution is -0.162. The van der Waals surface area contributed by atoms with Crippen molar-refractivity contribution in [3.63, 3.8) is 0 Å². The summed E-state index contributed by atoms with van der Waals surface area (Å²) >= 11 is 0. The van der Waals surface area contributed by atoms with E-state index in [1.807, 2.05) is 18.2 Å². The predicted octanol–water partition coefficient (Wildman–Crippen LogP) is 9.39. The van der Waals surface area contributed by atoms with Gasteiger partial charge in [0.15, 0.2) is 0 Å². The molecule has 0 saturated carbocycles. The number of benzene rings is 1. The summed E-state index contributed by atoms with van der Waals surface area (Å²) in [6, 6.07) is 9.08. The highest BCUT2D eigenvalue weighted by atomic mass is 16.6. The van der Waals surface area contributed by atoms with Crippen LogP contribution in [0.1, 0.15) is 130 Å². The Bertz CT molecular complexity index is 1130. The summed E-state index contributed by atoms with van der Waals surface area (Å²) in [7, 11) is 0. The van der Waals surface area contributed by atoms with Gasteiger partial charge in [-0.05, 0) is 89.8 Å². The lowest BCUT2D eigenvalue weighted by atomic mass is 9.95. The van der Waals surface area contributed by atoms with Gasteiger partial charge in [-0.1, -0.05) is 87.8 Å². The van der Waals surface area contributed by atoms with E-state index in [4.69, 9.17) is 9.15 Å². The van der Waals surface area contributed by atoms with E-state index in [1.165, 1.54) is 63.9 Å².